The highest BCUT2D eigenvalue weighted by molar-refractivity contribution is 5.13. The largest absolute Gasteiger partial charge is 0.316 e. The number of aryl methyl sites for hydroxylation is 1. The van der Waals surface area contributed by atoms with Gasteiger partial charge in [0.15, 0.2) is 0 Å². The van der Waals surface area contributed by atoms with E-state index >= 15 is 0 Å². The van der Waals surface area contributed by atoms with Crippen molar-refractivity contribution < 1.29 is 4.39 Å². The zero-order valence-corrected chi connectivity index (χ0v) is 8.89. The lowest BCUT2D eigenvalue weighted by molar-refractivity contribution is 0.627. The maximum atomic E-state index is 12.1. The molecule has 0 aliphatic carbocycles. The molecule has 2 heteroatoms. The minimum absolute atomic E-state index is 0.171. The van der Waals surface area contributed by atoms with Crippen LogP contribution in [-0.2, 0) is 0 Å². The highest BCUT2D eigenvalue weighted by atomic mass is 19.1. The van der Waals surface area contributed by atoms with Gasteiger partial charge in [-0.2, -0.15) is 0 Å². The first-order valence-electron chi connectivity index (χ1n) is 5.11. The van der Waals surface area contributed by atoms with Crippen molar-refractivity contribution in [2.75, 3.05) is 13.1 Å². The van der Waals surface area contributed by atoms with E-state index in [1.165, 1.54) is 31.6 Å². The molecule has 1 fully saturated rings. The number of benzene rings is 1. The van der Waals surface area contributed by atoms with Gasteiger partial charge in [0, 0.05) is 0 Å². The van der Waals surface area contributed by atoms with Gasteiger partial charge in [-0.05, 0) is 44.5 Å². The molecule has 0 saturated carbocycles. The molecular weight excluding hydrogens is 177 g/mol. The minimum Gasteiger partial charge on any atom is -0.316 e. The Balaban J connectivity index is 0.000000146. The van der Waals surface area contributed by atoms with E-state index in [-0.39, 0.29) is 5.82 Å². The van der Waals surface area contributed by atoms with Crippen LogP contribution < -0.4 is 5.32 Å². The summed E-state index contributed by atoms with van der Waals surface area (Å²) in [6.07, 6.45) is 1.38. The molecule has 1 N–H and O–H groups in total. The Labute approximate surface area is 85.3 Å². The first kappa shape index (κ1) is 11.2. The Morgan fingerprint density at radius 2 is 1.93 bits per heavy atom. The van der Waals surface area contributed by atoms with Crippen molar-refractivity contribution in [3.05, 3.63) is 35.6 Å². The molecule has 1 aliphatic heterocycles. The summed E-state index contributed by atoms with van der Waals surface area (Å²) in [6.45, 7) is 6.68. The van der Waals surface area contributed by atoms with Crippen LogP contribution in [0.3, 0.4) is 0 Å². The summed E-state index contributed by atoms with van der Waals surface area (Å²) in [4.78, 5) is 0. The number of hydrogen-bond acceptors (Lipinski definition) is 1. The van der Waals surface area contributed by atoms with E-state index in [0.717, 1.165) is 11.5 Å². The fraction of sp³-hybridized carbons (Fsp3) is 0.500. The lowest BCUT2D eigenvalue weighted by Gasteiger charge is -1.90. The summed E-state index contributed by atoms with van der Waals surface area (Å²) in [5, 5.41) is 3.27. The van der Waals surface area contributed by atoms with Gasteiger partial charge < -0.3 is 5.32 Å². The molecule has 78 valence electrons. The van der Waals surface area contributed by atoms with Crippen LogP contribution in [0.4, 0.5) is 4.39 Å². The molecule has 0 bridgehead atoms. The summed E-state index contributed by atoms with van der Waals surface area (Å²) < 4.78 is 12.1. The van der Waals surface area contributed by atoms with Crippen molar-refractivity contribution in [2.24, 2.45) is 5.92 Å². The Morgan fingerprint density at radius 3 is 2.21 bits per heavy atom. The standard InChI is InChI=1S/C7H7F.C5H11N/c1-6-2-4-7(8)5-3-6;1-5-2-3-6-4-5/h2-5H,1H3;5-6H,2-4H2,1H3/t;5-/m.0/s1. The topological polar surface area (TPSA) is 12.0 Å². The summed E-state index contributed by atoms with van der Waals surface area (Å²) in [7, 11) is 0. The molecule has 0 spiro atoms. The van der Waals surface area contributed by atoms with Crippen LogP contribution in [0.15, 0.2) is 24.3 Å². The Morgan fingerprint density at radius 1 is 1.29 bits per heavy atom. The SMILES string of the molecule is C[C@H]1CCNC1.Cc1ccc(F)cc1. The van der Waals surface area contributed by atoms with Crippen molar-refractivity contribution >= 4 is 0 Å². The summed E-state index contributed by atoms with van der Waals surface area (Å²) in [6, 6.07) is 6.40. The van der Waals surface area contributed by atoms with E-state index in [2.05, 4.69) is 12.2 Å². The summed E-state index contributed by atoms with van der Waals surface area (Å²) in [5.41, 5.74) is 1.09. The van der Waals surface area contributed by atoms with Crippen LogP contribution in [0.25, 0.3) is 0 Å². The van der Waals surface area contributed by atoms with Crippen molar-refractivity contribution in [1.29, 1.82) is 0 Å². The highest BCUT2D eigenvalue weighted by Gasteiger charge is 2.06. The maximum Gasteiger partial charge on any atom is 0.123 e. The molecule has 0 aromatic heterocycles. The zero-order valence-electron chi connectivity index (χ0n) is 8.89. The Hall–Kier alpha value is -0.890. The smallest absolute Gasteiger partial charge is 0.123 e. The normalized spacial score (nSPS) is 20.1. The molecule has 1 aromatic carbocycles. The van der Waals surface area contributed by atoms with Crippen LogP contribution >= 0.6 is 0 Å². The van der Waals surface area contributed by atoms with Crippen molar-refractivity contribution in [1.82, 2.24) is 5.32 Å². The van der Waals surface area contributed by atoms with Crippen LogP contribution in [0.5, 0.6) is 0 Å². The monoisotopic (exact) mass is 195 g/mol. The lowest BCUT2D eigenvalue weighted by Crippen LogP contribution is -2.06. The van der Waals surface area contributed by atoms with Crippen LogP contribution in [0.1, 0.15) is 18.9 Å². The molecule has 0 radical (unpaired) electrons. The third-order valence-corrected chi connectivity index (χ3v) is 2.32. The van der Waals surface area contributed by atoms with Gasteiger partial charge in [-0.15, -0.1) is 0 Å². The zero-order chi connectivity index (χ0) is 10.4. The minimum atomic E-state index is -0.171. The summed E-state index contributed by atoms with van der Waals surface area (Å²) >= 11 is 0. The van der Waals surface area contributed by atoms with E-state index in [1.807, 2.05) is 6.92 Å². The van der Waals surface area contributed by atoms with Crippen LogP contribution in [-0.4, -0.2) is 13.1 Å². The quantitative estimate of drug-likeness (QED) is 0.671. The number of rotatable bonds is 0. The van der Waals surface area contributed by atoms with Gasteiger partial charge >= 0.3 is 0 Å². The van der Waals surface area contributed by atoms with Crippen LogP contribution in [0, 0.1) is 18.7 Å². The lowest BCUT2D eigenvalue weighted by atomic mass is 10.2. The first-order chi connectivity index (χ1) is 6.68. The predicted molar refractivity (Wildman–Crippen MR) is 57.8 cm³/mol. The summed E-state index contributed by atoms with van der Waals surface area (Å²) in [5.74, 6) is 0.764. The average Bonchev–Trinajstić information content (AvgIpc) is 2.63. The second-order valence-electron chi connectivity index (χ2n) is 3.89. The van der Waals surface area contributed by atoms with Gasteiger partial charge in [-0.3, -0.25) is 0 Å². The second kappa shape index (κ2) is 5.76. The van der Waals surface area contributed by atoms with E-state index < -0.39 is 0 Å². The van der Waals surface area contributed by atoms with E-state index in [9.17, 15) is 4.39 Å². The van der Waals surface area contributed by atoms with Gasteiger partial charge in [0.2, 0.25) is 0 Å². The number of halogens is 1. The molecule has 1 aliphatic rings. The molecule has 0 unspecified atom stereocenters. The molecule has 1 aromatic rings. The third kappa shape index (κ3) is 4.38. The molecule has 1 atom stereocenters. The average molecular weight is 195 g/mol. The maximum absolute atomic E-state index is 12.1. The fourth-order valence-corrected chi connectivity index (χ4v) is 1.33. The van der Waals surface area contributed by atoms with Gasteiger partial charge in [0.1, 0.15) is 5.82 Å². The van der Waals surface area contributed by atoms with Crippen molar-refractivity contribution in [3.63, 3.8) is 0 Å². The van der Waals surface area contributed by atoms with Gasteiger partial charge in [-0.1, -0.05) is 24.6 Å². The van der Waals surface area contributed by atoms with E-state index in [1.54, 1.807) is 12.1 Å². The van der Waals surface area contributed by atoms with Crippen LogP contribution in [0.2, 0.25) is 0 Å². The predicted octanol–water partition coefficient (Wildman–Crippen LogP) is 2.75. The molecule has 1 heterocycles. The molecule has 1 nitrogen and oxygen atoms in total. The van der Waals surface area contributed by atoms with Gasteiger partial charge in [0.05, 0.1) is 0 Å². The molecule has 14 heavy (non-hydrogen) atoms. The number of nitrogens with one attached hydrogen (secondary N) is 1. The van der Waals surface area contributed by atoms with E-state index in [0.29, 0.717) is 0 Å². The molecular formula is C12H18FN. The van der Waals surface area contributed by atoms with Gasteiger partial charge in [-0.25, -0.2) is 4.39 Å². The second-order valence-corrected chi connectivity index (χ2v) is 3.89. The fourth-order valence-electron chi connectivity index (χ4n) is 1.33. The first-order valence-corrected chi connectivity index (χ1v) is 5.11. The van der Waals surface area contributed by atoms with Crippen molar-refractivity contribution in [2.45, 2.75) is 20.3 Å². The van der Waals surface area contributed by atoms with Crippen molar-refractivity contribution in [3.8, 4) is 0 Å². The van der Waals surface area contributed by atoms with Gasteiger partial charge in [0.25, 0.3) is 0 Å². The molecule has 0 amide bonds. The third-order valence-electron chi connectivity index (χ3n) is 2.32. The number of hydrogen-bond donors (Lipinski definition) is 1. The Bertz CT molecular complexity index is 229. The Kier molecular flexibility index (Phi) is 4.60. The molecule has 2 rings (SSSR count). The molecule has 1 saturated heterocycles. The highest BCUT2D eigenvalue weighted by Crippen LogP contribution is 2.03. The van der Waals surface area contributed by atoms with E-state index in [4.69, 9.17) is 0 Å².